The largest absolute Gasteiger partial charge is 0.316 e. The first-order chi connectivity index (χ1) is 8.65. The van der Waals surface area contributed by atoms with Gasteiger partial charge in [0.1, 0.15) is 5.82 Å². The molecular formula is C16H14FN. The standard InChI is InChI=1S/C16H14FN/c1-11-3-4-12(2)16(9-11)18-8-7-13-10-14(17)5-6-15(13)18/h3-10H,1-2H3. The molecule has 0 aliphatic rings. The van der Waals surface area contributed by atoms with E-state index >= 15 is 0 Å². The number of aryl methyl sites for hydroxylation is 2. The van der Waals surface area contributed by atoms with Crippen molar-refractivity contribution in [3.63, 3.8) is 0 Å². The van der Waals surface area contributed by atoms with Gasteiger partial charge < -0.3 is 4.57 Å². The highest BCUT2D eigenvalue weighted by Gasteiger charge is 2.06. The third-order valence-corrected chi connectivity index (χ3v) is 3.28. The number of hydrogen-bond acceptors (Lipinski definition) is 0. The lowest BCUT2D eigenvalue weighted by Crippen LogP contribution is -1.95. The van der Waals surface area contributed by atoms with Crippen LogP contribution >= 0.6 is 0 Å². The van der Waals surface area contributed by atoms with Crippen LogP contribution in [0.4, 0.5) is 4.39 Å². The molecule has 1 aromatic heterocycles. The Balaban J connectivity index is 2.28. The maximum absolute atomic E-state index is 13.2. The minimum absolute atomic E-state index is 0.193. The smallest absolute Gasteiger partial charge is 0.123 e. The van der Waals surface area contributed by atoms with Gasteiger partial charge in [0.2, 0.25) is 0 Å². The Labute approximate surface area is 105 Å². The van der Waals surface area contributed by atoms with Gasteiger partial charge in [-0.1, -0.05) is 12.1 Å². The molecule has 3 aromatic rings. The van der Waals surface area contributed by atoms with E-state index in [1.165, 1.54) is 17.2 Å². The Morgan fingerprint density at radius 2 is 1.78 bits per heavy atom. The van der Waals surface area contributed by atoms with E-state index < -0.39 is 0 Å². The number of hydrogen-bond donors (Lipinski definition) is 0. The molecule has 0 atom stereocenters. The SMILES string of the molecule is Cc1ccc(C)c(-n2ccc3cc(F)ccc32)c1. The van der Waals surface area contributed by atoms with Crippen LogP contribution in [0.2, 0.25) is 0 Å². The van der Waals surface area contributed by atoms with Crippen molar-refractivity contribution in [2.75, 3.05) is 0 Å². The first kappa shape index (κ1) is 11.0. The molecule has 0 radical (unpaired) electrons. The summed E-state index contributed by atoms with van der Waals surface area (Å²) in [5.74, 6) is -0.193. The van der Waals surface area contributed by atoms with Crippen LogP contribution in [-0.2, 0) is 0 Å². The van der Waals surface area contributed by atoms with E-state index in [2.05, 4.69) is 36.6 Å². The van der Waals surface area contributed by atoms with Gasteiger partial charge in [0.25, 0.3) is 0 Å². The van der Waals surface area contributed by atoms with Crippen LogP contribution in [0.15, 0.2) is 48.7 Å². The summed E-state index contributed by atoms with van der Waals surface area (Å²) in [5.41, 5.74) is 4.61. The summed E-state index contributed by atoms with van der Waals surface area (Å²) in [4.78, 5) is 0. The molecule has 0 N–H and O–H groups in total. The predicted octanol–water partition coefficient (Wildman–Crippen LogP) is 4.39. The van der Waals surface area contributed by atoms with Crippen LogP contribution in [0.1, 0.15) is 11.1 Å². The van der Waals surface area contributed by atoms with Gasteiger partial charge in [-0.05, 0) is 55.3 Å². The van der Waals surface area contributed by atoms with Crippen LogP contribution in [0.3, 0.4) is 0 Å². The molecule has 0 fully saturated rings. The quantitative estimate of drug-likeness (QED) is 0.593. The lowest BCUT2D eigenvalue weighted by atomic mass is 10.1. The summed E-state index contributed by atoms with van der Waals surface area (Å²) in [6, 6.07) is 13.2. The van der Waals surface area contributed by atoms with E-state index in [-0.39, 0.29) is 5.82 Å². The number of benzene rings is 2. The fourth-order valence-corrected chi connectivity index (χ4v) is 2.30. The molecular weight excluding hydrogens is 225 g/mol. The summed E-state index contributed by atoms with van der Waals surface area (Å²) in [6.07, 6.45) is 1.99. The van der Waals surface area contributed by atoms with Gasteiger partial charge >= 0.3 is 0 Å². The molecule has 2 heteroatoms. The third kappa shape index (κ3) is 1.70. The molecule has 0 saturated carbocycles. The molecule has 18 heavy (non-hydrogen) atoms. The van der Waals surface area contributed by atoms with Gasteiger partial charge in [0.05, 0.1) is 5.52 Å². The van der Waals surface area contributed by atoms with Gasteiger partial charge in [0, 0.05) is 17.3 Å². The minimum Gasteiger partial charge on any atom is -0.316 e. The molecule has 0 aliphatic carbocycles. The summed E-state index contributed by atoms with van der Waals surface area (Å²) in [7, 11) is 0. The molecule has 1 nitrogen and oxygen atoms in total. The topological polar surface area (TPSA) is 4.93 Å². The van der Waals surface area contributed by atoms with Gasteiger partial charge in [-0.3, -0.25) is 0 Å². The fourth-order valence-electron chi connectivity index (χ4n) is 2.30. The molecule has 0 saturated heterocycles. The second kappa shape index (κ2) is 3.98. The Morgan fingerprint density at radius 1 is 0.944 bits per heavy atom. The summed E-state index contributed by atoms with van der Waals surface area (Å²) < 4.78 is 15.3. The second-order valence-corrected chi connectivity index (χ2v) is 4.68. The Hall–Kier alpha value is -2.09. The maximum atomic E-state index is 13.2. The van der Waals surface area contributed by atoms with Crippen molar-refractivity contribution in [1.82, 2.24) is 4.57 Å². The molecule has 0 spiro atoms. The molecule has 2 aromatic carbocycles. The molecule has 3 rings (SSSR count). The molecule has 0 amide bonds. The molecule has 0 unspecified atom stereocenters. The highest BCUT2D eigenvalue weighted by molar-refractivity contribution is 5.82. The van der Waals surface area contributed by atoms with Crippen molar-refractivity contribution in [1.29, 1.82) is 0 Å². The van der Waals surface area contributed by atoms with E-state index in [9.17, 15) is 4.39 Å². The normalized spacial score (nSPS) is 11.1. The summed E-state index contributed by atoms with van der Waals surface area (Å²) >= 11 is 0. The predicted molar refractivity (Wildman–Crippen MR) is 72.7 cm³/mol. The Kier molecular flexibility index (Phi) is 2.44. The zero-order chi connectivity index (χ0) is 12.7. The van der Waals surface area contributed by atoms with Crippen LogP contribution in [0.5, 0.6) is 0 Å². The monoisotopic (exact) mass is 239 g/mol. The third-order valence-electron chi connectivity index (χ3n) is 3.28. The Morgan fingerprint density at radius 3 is 2.61 bits per heavy atom. The van der Waals surface area contributed by atoms with E-state index in [0.29, 0.717) is 0 Å². The van der Waals surface area contributed by atoms with Crippen LogP contribution in [0.25, 0.3) is 16.6 Å². The Bertz CT molecular complexity index is 725. The van der Waals surface area contributed by atoms with Gasteiger partial charge in [-0.15, -0.1) is 0 Å². The maximum Gasteiger partial charge on any atom is 0.123 e. The van der Waals surface area contributed by atoms with Crippen molar-refractivity contribution in [3.8, 4) is 5.69 Å². The number of halogens is 1. The van der Waals surface area contributed by atoms with Crippen molar-refractivity contribution in [2.45, 2.75) is 13.8 Å². The zero-order valence-electron chi connectivity index (χ0n) is 10.4. The second-order valence-electron chi connectivity index (χ2n) is 4.68. The lowest BCUT2D eigenvalue weighted by molar-refractivity contribution is 0.629. The van der Waals surface area contributed by atoms with Crippen molar-refractivity contribution >= 4 is 10.9 Å². The zero-order valence-corrected chi connectivity index (χ0v) is 10.4. The van der Waals surface area contributed by atoms with Gasteiger partial charge in [-0.2, -0.15) is 0 Å². The summed E-state index contributed by atoms with van der Waals surface area (Å²) in [5, 5.41) is 0.927. The van der Waals surface area contributed by atoms with Gasteiger partial charge in [0.15, 0.2) is 0 Å². The number of fused-ring (bicyclic) bond motifs is 1. The van der Waals surface area contributed by atoms with E-state index in [0.717, 1.165) is 16.6 Å². The van der Waals surface area contributed by atoms with Crippen LogP contribution < -0.4 is 0 Å². The van der Waals surface area contributed by atoms with E-state index in [4.69, 9.17) is 0 Å². The van der Waals surface area contributed by atoms with Gasteiger partial charge in [-0.25, -0.2) is 4.39 Å². The van der Waals surface area contributed by atoms with E-state index in [1.54, 1.807) is 6.07 Å². The van der Waals surface area contributed by atoms with Crippen molar-refractivity contribution in [3.05, 3.63) is 65.6 Å². The highest BCUT2D eigenvalue weighted by Crippen LogP contribution is 2.24. The average molecular weight is 239 g/mol. The first-order valence-electron chi connectivity index (χ1n) is 5.99. The number of nitrogens with zero attached hydrogens (tertiary/aromatic N) is 1. The molecule has 0 bridgehead atoms. The van der Waals surface area contributed by atoms with Crippen LogP contribution in [-0.4, -0.2) is 4.57 Å². The fraction of sp³-hybridized carbons (Fsp3) is 0.125. The van der Waals surface area contributed by atoms with E-state index in [1.807, 2.05) is 18.3 Å². The molecule has 1 heterocycles. The van der Waals surface area contributed by atoms with Crippen molar-refractivity contribution in [2.24, 2.45) is 0 Å². The molecule has 0 aliphatic heterocycles. The average Bonchev–Trinajstić information content (AvgIpc) is 2.75. The van der Waals surface area contributed by atoms with Crippen LogP contribution in [0, 0.1) is 19.7 Å². The summed E-state index contributed by atoms with van der Waals surface area (Å²) in [6.45, 7) is 4.17. The minimum atomic E-state index is -0.193. The first-order valence-corrected chi connectivity index (χ1v) is 5.99. The number of aromatic nitrogens is 1. The number of rotatable bonds is 1. The molecule has 90 valence electrons. The lowest BCUT2D eigenvalue weighted by Gasteiger charge is -2.10. The van der Waals surface area contributed by atoms with Crippen molar-refractivity contribution < 1.29 is 4.39 Å². The highest BCUT2D eigenvalue weighted by atomic mass is 19.1.